The number of hydrogen-bond donors (Lipinski definition) is 0. The lowest BCUT2D eigenvalue weighted by molar-refractivity contribution is 1.24. The summed E-state index contributed by atoms with van der Waals surface area (Å²) in [6.45, 7) is 0. The van der Waals surface area contributed by atoms with E-state index in [0.717, 1.165) is 17.1 Å². The molecule has 0 unspecified atom stereocenters. The molecular weight excluding hydrogens is 675 g/mol. The highest BCUT2D eigenvalue weighted by Gasteiger charge is 2.24. The molecular formula is C50H29N3S. The Kier molecular flexibility index (Phi) is 5.51. The fourth-order valence-corrected chi connectivity index (χ4v) is 10.6. The van der Waals surface area contributed by atoms with Crippen molar-refractivity contribution in [2.24, 2.45) is 0 Å². The van der Waals surface area contributed by atoms with Crippen molar-refractivity contribution in [3.05, 3.63) is 176 Å². The minimum Gasteiger partial charge on any atom is -0.310 e. The second kappa shape index (κ2) is 10.4. The third kappa shape index (κ3) is 3.65. The lowest BCUT2D eigenvalue weighted by Crippen LogP contribution is -2.11. The van der Waals surface area contributed by atoms with Crippen LogP contribution in [0.3, 0.4) is 0 Å². The molecule has 13 rings (SSSR count). The molecule has 4 aromatic heterocycles. The molecule has 0 aliphatic heterocycles. The maximum Gasteiger partial charge on any atom is 0.0789 e. The maximum atomic E-state index is 2.52. The van der Waals surface area contributed by atoms with Crippen LogP contribution in [0.4, 0.5) is 17.1 Å². The average molecular weight is 704 g/mol. The van der Waals surface area contributed by atoms with Gasteiger partial charge >= 0.3 is 0 Å². The first kappa shape index (κ1) is 28.7. The van der Waals surface area contributed by atoms with Crippen LogP contribution in [-0.2, 0) is 0 Å². The van der Waals surface area contributed by atoms with Crippen LogP contribution in [0.5, 0.6) is 0 Å². The fraction of sp³-hybridized carbons (Fsp3) is 0. The van der Waals surface area contributed by atoms with E-state index < -0.39 is 0 Å². The summed E-state index contributed by atoms with van der Waals surface area (Å²) in [6, 6.07) is 65.4. The van der Waals surface area contributed by atoms with Crippen molar-refractivity contribution in [1.82, 2.24) is 8.80 Å². The number of aromatic nitrogens is 2. The summed E-state index contributed by atoms with van der Waals surface area (Å²) in [7, 11) is 0. The van der Waals surface area contributed by atoms with Gasteiger partial charge < -0.3 is 13.7 Å². The van der Waals surface area contributed by atoms with E-state index in [1.165, 1.54) is 96.4 Å². The summed E-state index contributed by atoms with van der Waals surface area (Å²) in [6.07, 6.45) is 0. The van der Waals surface area contributed by atoms with Crippen LogP contribution in [0.2, 0.25) is 0 Å². The lowest BCUT2D eigenvalue weighted by Gasteiger charge is -2.28. The summed E-state index contributed by atoms with van der Waals surface area (Å²) in [5, 5.41) is 12.7. The van der Waals surface area contributed by atoms with Crippen LogP contribution in [0.1, 0.15) is 0 Å². The highest BCUT2D eigenvalue weighted by atomic mass is 32.1. The van der Waals surface area contributed by atoms with E-state index in [9.17, 15) is 0 Å². The molecule has 250 valence electrons. The van der Waals surface area contributed by atoms with Gasteiger partial charge in [-0.2, -0.15) is 0 Å². The predicted octanol–water partition coefficient (Wildman–Crippen LogP) is 14.4. The van der Waals surface area contributed by atoms with E-state index in [2.05, 4.69) is 190 Å². The Balaban J connectivity index is 1.20. The zero-order chi connectivity index (χ0) is 35.1. The number of fused-ring (bicyclic) bond motifs is 15. The van der Waals surface area contributed by atoms with Gasteiger partial charge in [0.05, 0.1) is 38.8 Å². The molecule has 4 heterocycles. The van der Waals surface area contributed by atoms with Crippen LogP contribution in [0, 0.1) is 0 Å². The minimum atomic E-state index is 1.12. The zero-order valence-corrected chi connectivity index (χ0v) is 29.8. The van der Waals surface area contributed by atoms with E-state index in [1.54, 1.807) is 0 Å². The van der Waals surface area contributed by atoms with Crippen molar-refractivity contribution in [3.8, 4) is 0 Å². The van der Waals surface area contributed by atoms with Crippen molar-refractivity contribution < 1.29 is 0 Å². The Morgan fingerprint density at radius 3 is 1.65 bits per heavy atom. The second-order valence-corrected chi connectivity index (χ2v) is 15.6. The Hall–Kier alpha value is -6.88. The van der Waals surface area contributed by atoms with E-state index >= 15 is 0 Å². The van der Waals surface area contributed by atoms with Crippen molar-refractivity contribution in [3.63, 3.8) is 0 Å². The van der Waals surface area contributed by atoms with Crippen molar-refractivity contribution in [2.75, 3.05) is 4.90 Å². The quantitative estimate of drug-likeness (QED) is 0.132. The van der Waals surface area contributed by atoms with Crippen molar-refractivity contribution in [2.45, 2.75) is 0 Å². The predicted molar refractivity (Wildman–Crippen MR) is 232 cm³/mol. The molecule has 0 saturated carbocycles. The molecule has 0 saturated heterocycles. The number of nitrogens with zero attached hydrogens (tertiary/aromatic N) is 3. The van der Waals surface area contributed by atoms with Crippen molar-refractivity contribution >= 4 is 125 Å². The van der Waals surface area contributed by atoms with Gasteiger partial charge in [0.25, 0.3) is 0 Å². The molecule has 0 atom stereocenters. The summed E-state index contributed by atoms with van der Waals surface area (Å²) in [4.78, 5) is 2.49. The topological polar surface area (TPSA) is 12.1 Å². The molecule has 0 N–H and O–H groups in total. The van der Waals surface area contributed by atoms with Gasteiger partial charge in [0.1, 0.15) is 0 Å². The van der Waals surface area contributed by atoms with Gasteiger partial charge in [0, 0.05) is 58.5 Å². The summed E-state index contributed by atoms with van der Waals surface area (Å²) in [5.41, 5.74) is 10.8. The summed E-state index contributed by atoms with van der Waals surface area (Å²) >= 11 is 1.86. The standard InChI is InChI=1S/C50H29N3S/c1-2-12-33-30(11-1)27-45(35-14-4-3-13-34(33)35)51(31-22-26-48-41(28-31)38-17-7-10-20-47(38)54-48)32-21-25-44-46(29-32)53-43-19-9-6-16-37(43)40-24-23-39-36-15-5-8-18-42(36)52(44)49(39)50(40)53/h1-29H. The number of para-hydroxylation sites is 2. The minimum absolute atomic E-state index is 1.12. The van der Waals surface area contributed by atoms with Gasteiger partial charge in [0.2, 0.25) is 0 Å². The first-order chi connectivity index (χ1) is 26.8. The highest BCUT2D eigenvalue weighted by molar-refractivity contribution is 7.25. The van der Waals surface area contributed by atoms with E-state index in [-0.39, 0.29) is 0 Å². The molecule has 9 aromatic carbocycles. The SMILES string of the molecule is c1ccc2c(c1)cc(N(c1ccc3sc4ccccc4c3c1)c1ccc3c(c1)n1c4ccccc4c4ccc5c6ccccc6n3c5c41)c1ccccc12. The molecule has 0 bridgehead atoms. The van der Waals surface area contributed by atoms with Gasteiger partial charge in [-0.15, -0.1) is 11.3 Å². The van der Waals surface area contributed by atoms with Gasteiger partial charge in [-0.25, -0.2) is 0 Å². The first-order valence-electron chi connectivity index (χ1n) is 18.5. The second-order valence-electron chi connectivity index (χ2n) is 14.5. The van der Waals surface area contributed by atoms with Gasteiger partial charge in [-0.05, 0) is 76.8 Å². The lowest BCUT2D eigenvalue weighted by atomic mass is 9.99. The molecule has 3 nitrogen and oxygen atoms in total. The Morgan fingerprint density at radius 1 is 0.333 bits per heavy atom. The number of rotatable bonds is 3. The molecule has 0 fully saturated rings. The Bertz CT molecular complexity index is 3690. The average Bonchev–Trinajstić information content (AvgIpc) is 3.89. The van der Waals surface area contributed by atoms with E-state index in [0.29, 0.717) is 0 Å². The fourth-order valence-electron chi connectivity index (χ4n) is 9.52. The number of hydrogen-bond acceptors (Lipinski definition) is 2. The van der Waals surface area contributed by atoms with Gasteiger partial charge in [-0.3, -0.25) is 0 Å². The maximum absolute atomic E-state index is 2.52. The first-order valence-corrected chi connectivity index (χ1v) is 19.3. The smallest absolute Gasteiger partial charge is 0.0789 e. The largest absolute Gasteiger partial charge is 0.310 e. The van der Waals surface area contributed by atoms with Crippen LogP contribution in [0.15, 0.2) is 176 Å². The van der Waals surface area contributed by atoms with Crippen molar-refractivity contribution in [1.29, 1.82) is 0 Å². The van der Waals surface area contributed by atoms with Crippen LogP contribution < -0.4 is 4.90 Å². The van der Waals surface area contributed by atoms with Gasteiger partial charge in [0.15, 0.2) is 0 Å². The number of benzene rings is 9. The third-order valence-electron chi connectivity index (χ3n) is 11.8. The molecule has 0 aliphatic rings. The molecule has 54 heavy (non-hydrogen) atoms. The van der Waals surface area contributed by atoms with E-state index in [4.69, 9.17) is 0 Å². The monoisotopic (exact) mass is 703 g/mol. The van der Waals surface area contributed by atoms with Gasteiger partial charge in [-0.1, -0.05) is 115 Å². The number of thiophene rings is 1. The van der Waals surface area contributed by atoms with Crippen LogP contribution in [0.25, 0.3) is 96.4 Å². The molecule has 0 spiro atoms. The molecule has 13 aromatic rings. The Labute approximate surface area is 313 Å². The van der Waals surface area contributed by atoms with E-state index in [1.807, 2.05) is 11.3 Å². The molecule has 0 aliphatic carbocycles. The Morgan fingerprint density at radius 2 is 0.889 bits per heavy atom. The van der Waals surface area contributed by atoms with Crippen LogP contribution >= 0.6 is 11.3 Å². The highest BCUT2D eigenvalue weighted by Crippen LogP contribution is 2.47. The third-order valence-corrected chi connectivity index (χ3v) is 12.9. The number of anilines is 3. The molecule has 0 radical (unpaired) electrons. The molecule has 4 heteroatoms. The van der Waals surface area contributed by atoms with Crippen LogP contribution in [-0.4, -0.2) is 8.80 Å². The zero-order valence-electron chi connectivity index (χ0n) is 29.0. The normalized spacial score (nSPS) is 12.4. The summed E-state index contributed by atoms with van der Waals surface area (Å²) in [5.74, 6) is 0. The summed E-state index contributed by atoms with van der Waals surface area (Å²) < 4.78 is 7.64. The molecule has 0 amide bonds.